The Morgan fingerprint density at radius 2 is 1.69 bits per heavy atom. The van der Waals surface area contributed by atoms with Crippen LogP contribution in [0.25, 0.3) is 0 Å². The van der Waals surface area contributed by atoms with Crippen LogP contribution in [-0.2, 0) is 10.0 Å². The molecule has 1 aromatic heterocycles. The van der Waals surface area contributed by atoms with Crippen LogP contribution >= 0.6 is 0 Å². The average Bonchev–Trinajstić information content (AvgIpc) is 2.56. The van der Waals surface area contributed by atoms with Crippen molar-refractivity contribution in [3.63, 3.8) is 0 Å². The Kier molecular flexibility index (Phi) is 4.85. The fourth-order valence-corrected chi connectivity index (χ4v) is 3.64. The van der Waals surface area contributed by atoms with Crippen LogP contribution in [0.15, 0.2) is 65.7 Å². The number of nitrogens with one attached hydrogen (secondary N) is 2. The van der Waals surface area contributed by atoms with Crippen LogP contribution in [0.3, 0.4) is 0 Å². The van der Waals surface area contributed by atoms with Gasteiger partial charge in [-0.2, -0.15) is 0 Å². The van der Waals surface area contributed by atoms with Crippen LogP contribution in [-0.4, -0.2) is 13.4 Å². The summed E-state index contributed by atoms with van der Waals surface area (Å²) >= 11 is 0. The van der Waals surface area contributed by atoms with Gasteiger partial charge in [-0.15, -0.1) is 0 Å². The van der Waals surface area contributed by atoms with Gasteiger partial charge in [0, 0.05) is 5.69 Å². The summed E-state index contributed by atoms with van der Waals surface area (Å²) in [6.07, 6.45) is 1.33. The third-order valence-corrected chi connectivity index (χ3v) is 5.08. The molecule has 3 aromatic rings. The van der Waals surface area contributed by atoms with Gasteiger partial charge in [-0.05, 0) is 61.0 Å². The Labute approximate surface area is 149 Å². The highest BCUT2D eigenvalue weighted by Gasteiger charge is 2.17. The molecule has 0 spiro atoms. The highest BCUT2D eigenvalue weighted by molar-refractivity contribution is 7.92. The zero-order valence-corrected chi connectivity index (χ0v) is 14.5. The van der Waals surface area contributed by atoms with Crippen molar-refractivity contribution in [2.24, 2.45) is 0 Å². The number of aryl methyl sites for hydroxylation is 1. The molecule has 0 radical (unpaired) electrons. The van der Waals surface area contributed by atoms with Crippen molar-refractivity contribution in [2.45, 2.75) is 11.8 Å². The lowest BCUT2D eigenvalue weighted by molar-refractivity contribution is 0.598. The lowest BCUT2D eigenvalue weighted by Crippen LogP contribution is -2.14. The van der Waals surface area contributed by atoms with Gasteiger partial charge in [0.2, 0.25) is 0 Å². The molecular formula is C18H15F2N3O2S. The molecule has 0 atom stereocenters. The minimum Gasteiger partial charge on any atom is -0.340 e. The zero-order valence-electron chi connectivity index (χ0n) is 13.7. The zero-order chi connectivity index (χ0) is 18.7. The number of nitrogens with zero attached hydrogens (tertiary/aromatic N) is 1. The Balaban J connectivity index is 1.76. The van der Waals surface area contributed by atoms with E-state index in [1.54, 1.807) is 18.2 Å². The molecule has 2 aromatic carbocycles. The number of benzene rings is 2. The van der Waals surface area contributed by atoms with E-state index in [4.69, 9.17) is 0 Å². The third-order valence-electron chi connectivity index (χ3n) is 3.54. The first-order valence-electron chi connectivity index (χ1n) is 7.61. The molecule has 0 saturated carbocycles. The third kappa shape index (κ3) is 4.15. The number of aromatic nitrogens is 1. The molecule has 26 heavy (non-hydrogen) atoms. The molecule has 0 saturated heterocycles. The summed E-state index contributed by atoms with van der Waals surface area (Å²) in [5.41, 5.74) is 1.07. The molecule has 0 amide bonds. The Bertz CT molecular complexity index is 1040. The summed E-state index contributed by atoms with van der Waals surface area (Å²) in [5.74, 6) is -0.457. The number of anilines is 3. The predicted octanol–water partition coefficient (Wildman–Crippen LogP) is 4.21. The van der Waals surface area contributed by atoms with Crippen molar-refractivity contribution in [3.05, 3.63) is 78.0 Å². The SMILES string of the molecule is Cc1cc(F)ccc1S(=O)(=O)Nc1ccc(Nc2cccc(F)c2)nc1. The van der Waals surface area contributed by atoms with Crippen molar-refractivity contribution < 1.29 is 17.2 Å². The second-order valence-electron chi connectivity index (χ2n) is 5.58. The van der Waals surface area contributed by atoms with E-state index < -0.39 is 15.8 Å². The van der Waals surface area contributed by atoms with Crippen LogP contribution < -0.4 is 10.0 Å². The van der Waals surface area contributed by atoms with Gasteiger partial charge in [0.1, 0.15) is 17.5 Å². The van der Waals surface area contributed by atoms with Crippen LogP contribution in [0.2, 0.25) is 0 Å². The van der Waals surface area contributed by atoms with E-state index in [2.05, 4.69) is 15.0 Å². The van der Waals surface area contributed by atoms with Gasteiger partial charge >= 0.3 is 0 Å². The van der Waals surface area contributed by atoms with Crippen molar-refractivity contribution in [3.8, 4) is 0 Å². The van der Waals surface area contributed by atoms with Gasteiger partial charge in [-0.25, -0.2) is 22.2 Å². The van der Waals surface area contributed by atoms with Gasteiger partial charge in [-0.1, -0.05) is 6.07 Å². The number of halogens is 2. The van der Waals surface area contributed by atoms with Crippen molar-refractivity contribution in [1.82, 2.24) is 4.98 Å². The van der Waals surface area contributed by atoms with Gasteiger partial charge < -0.3 is 5.32 Å². The molecule has 8 heteroatoms. The molecule has 0 fully saturated rings. The normalized spacial score (nSPS) is 11.2. The average molecular weight is 375 g/mol. The molecule has 2 N–H and O–H groups in total. The maximum Gasteiger partial charge on any atom is 0.262 e. The molecule has 0 bridgehead atoms. The van der Waals surface area contributed by atoms with Crippen LogP contribution in [0, 0.1) is 18.6 Å². The summed E-state index contributed by atoms with van der Waals surface area (Å²) in [6.45, 7) is 1.52. The van der Waals surface area contributed by atoms with Crippen molar-refractivity contribution in [2.75, 3.05) is 10.0 Å². The predicted molar refractivity (Wildman–Crippen MR) is 95.9 cm³/mol. The highest BCUT2D eigenvalue weighted by atomic mass is 32.2. The van der Waals surface area contributed by atoms with E-state index in [0.717, 1.165) is 12.1 Å². The molecule has 5 nitrogen and oxygen atoms in total. The minimum atomic E-state index is -3.86. The lowest BCUT2D eigenvalue weighted by atomic mass is 10.2. The van der Waals surface area contributed by atoms with E-state index in [1.165, 1.54) is 37.4 Å². The molecule has 0 aliphatic heterocycles. The number of hydrogen-bond donors (Lipinski definition) is 2. The summed E-state index contributed by atoms with van der Waals surface area (Å²) in [7, 11) is -3.86. The van der Waals surface area contributed by atoms with Crippen molar-refractivity contribution in [1.29, 1.82) is 0 Å². The Hall–Kier alpha value is -3.00. The number of rotatable bonds is 5. The maximum absolute atomic E-state index is 13.2. The standard InChI is InChI=1S/C18H15F2N3O2S/c1-12-9-14(20)5-7-17(12)26(24,25)23-16-6-8-18(21-11-16)22-15-4-2-3-13(19)10-15/h2-11,23H,1H3,(H,21,22). The Morgan fingerprint density at radius 1 is 0.923 bits per heavy atom. The van der Waals surface area contributed by atoms with Crippen molar-refractivity contribution >= 4 is 27.2 Å². The molecular weight excluding hydrogens is 360 g/mol. The van der Waals surface area contributed by atoms with E-state index in [0.29, 0.717) is 17.1 Å². The van der Waals surface area contributed by atoms with Gasteiger partial charge in [0.15, 0.2) is 0 Å². The summed E-state index contributed by atoms with van der Waals surface area (Å²) in [5, 5.41) is 2.91. The van der Waals surface area contributed by atoms with E-state index in [9.17, 15) is 17.2 Å². The molecule has 0 aliphatic rings. The van der Waals surface area contributed by atoms with E-state index >= 15 is 0 Å². The monoisotopic (exact) mass is 375 g/mol. The molecule has 1 heterocycles. The van der Waals surface area contributed by atoms with E-state index in [1.807, 2.05) is 0 Å². The first kappa shape index (κ1) is 17.8. The molecule has 3 rings (SSSR count). The van der Waals surface area contributed by atoms with Crippen LogP contribution in [0.5, 0.6) is 0 Å². The summed E-state index contributed by atoms with van der Waals surface area (Å²) in [6, 6.07) is 12.4. The van der Waals surface area contributed by atoms with Crippen LogP contribution in [0.1, 0.15) is 5.56 Å². The number of hydrogen-bond acceptors (Lipinski definition) is 4. The minimum absolute atomic E-state index is 0.0131. The largest absolute Gasteiger partial charge is 0.340 e. The second kappa shape index (κ2) is 7.09. The highest BCUT2D eigenvalue weighted by Crippen LogP contribution is 2.21. The first-order chi connectivity index (χ1) is 12.3. The fraction of sp³-hybridized carbons (Fsp3) is 0.0556. The van der Waals surface area contributed by atoms with Gasteiger partial charge in [0.25, 0.3) is 10.0 Å². The smallest absolute Gasteiger partial charge is 0.262 e. The quantitative estimate of drug-likeness (QED) is 0.701. The number of pyridine rings is 1. The Morgan fingerprint density at radius 3 is 2.35 bits per heavy atom. The second-order valence-corrected chi connectivity index (χ2v) is 7.23. The van der Waals surface area contributed by atoms with Gasteiger partial charge in [0.05, 0.1) is 16.8 Å². The van der Waals surface area contributed by atoms with Gasteiger partial charge in [-0.3, -0.25) is 4.72 Å². The van der Waals surface area contributed by atoms with E-state index in [-0.39, 0.29) is 16.4 Å². The lowest BCUT2D eigenvalue weighted by Gasteiger charge is -2.11. The molecule has 0 aliphatic carbocycles. The molecule has 134 valence electrons. The number of sulfonamides is 1. The van der Waals surface area contributed by atoms with Crippen LogP contribution in [0.4, 0.5) is 26.0 Å². The summed E-state index contributed by atoms with van der Waals surface area (Å²) < 4.78 is 53.6. The molecule has 0 unspecified atom stereocenters. The maximum atomic E-state index is 13.2. The fourth-order valence-electron chi connectivity index (χ4n) is 2.37. The first-order valence-corrected chi connectivity index (χ1v) is 9.09. The topological polar surface area (TPSA) is 71.1 Å². The summed E-state index contributed by atoms with van der Waals surface area (Å²) in [4.78, 5) is 4.08.